The summed E-state index contributed by atoms with van der Waals surface area (Å²) in [5.74, 6) is -0.541. The predicted octanol–water partition coefficient (Wildman–Crippen LogP) is 3.39. The van der Waals surface area contributed by atoms with Gasteiger partial charge in [-0.3, -0.25) is 9.59 Å². The average molecular weight is 402 g/mol. The Kier molecular flexibility index (Phi) is 4.23. The third kappa shape index (κ3) is 2.29. The molecule has 126 valence electrons. The molecule has 0 saturated carbocycles. The summed E-state index contributed by atoms with van der Waals surface area (Å²) in [7, 11) is 4.30. The average Bonchev–Trinajstić information content (AvgIpc) is 2.64. The molecule has 0 atom stereocenters. The zero-order valence-electron chi connectivity index (χ0n) is 13.6. The highest BCUT2D eigenvalue weighted by molar-refractivity contribution is 9.10. The minimum Gasteiger partial charge on any atom is -0.492 e. The van der Waals surface area contributed by atoms with Gasteiger partial charge in [-0.2, -0.15) is 5.26 Å². The standard InChI is InChI=1S/C18H12BrNO5/c1-23-16-11-10-6-8(7-20)4-5-9(10)14(21)15(22)12(11)13(19)17(24-2)18(16)25-3/h4-6H,1-3H3. The summed E-state index contributed by atoms with van der Waals surface area (Å²) in [6, 6.07) is 6.56. The minimum absolute atomic E-state index is 0.127. The Morgan fingerprint density at radius 3 is 2.08 bits per heavy atom. The molecule has 0 saturated heterocycles. The first-order valence-corrected chi connectivity index (χ1v) is 7.94. The number of nitrogens with zero attached hydrogens (tertiary/aromatic N) is 1. The maximum Gasteiger partial charge on any atom is 0.235 e. The van der Waals surface area contributed by atoms with Crippen molar-refractivity contribution in [1.29, 1.82) is 5.26 Å². The topological polar surface area (TPSA) is 85.6 Å². The van der Waals surface area contributed by atoms with Gasteiger partial charge in [0, 0.05) is 11.1 Å². The molecule has 3 rings (SSSR count). The predicted molar refractivity (Wildman–Crippen MR) is 92.6 cm³/mol. The lowest BCUT2D eigenvalue weighted by molar-refractivity contribution is 0.0814. The zero-order chi connectivity index (χ0) is 18.3. The molecule has 7 heteroatoms. The summed E-state index contributed by atoms with van der Waals surface area (Å²) >= 11 is 3.34. The normalized spacial score (nSPS) is 12.1. The second-order valence-corrected chi connectivity index (χ2v) is 5.99. The van der Waals surface area contributed by atoms with E-state index in [0.717, 1.165) is 0 Å². The van der Waals surface area contributed by atoms with Crippen LogP contribution in [-0.2, 0) is 0 Å². The maximum atomic E-state index is 12.7. The number of carbonyl (C=O) groups excluding carboxylic acids is 2. The molecule has 0 amide bonds. The number of methoxy groups -OCH3 is 3. The van der Waals surface area contributed by atoms with E-state index in [1.54, 1.807) is 6.07 Å². The molecule has 1 aliphatic rings. The van der Waals surface area contributed by atoms with Gasteiger partial charge in [0.15, 0.2) is 11.5 Å². The van der Waals surface area contributed by atoms with E-state index in [0.29, 0.717) is 21.2 Å². The van der Waals surface area contributed by atoms with E-state index in [1.807, 2.05) is 6.07 Å². The van der Waals surface area contributed by atoms with Crippen LogP contribution < -0.4 is 14.2 Å². The number of hydrogen-bond donors (Lipinski definition) is 0. The number of halogens is 1. The number of ether oxygens (including phenoxy) is 3. The number of carbonyl (C=O) groups is 2. The Morgan fingerprint density at radius 2 is 1.52 bits per heavy atom. The van der Waals surface area contributed by atoms with Crippen molar-refractivity contribution in [2.45, 2.75) is 0 Å². The van der Waals surface area contributed by atoms with Crippen molar-refractivity contribution in [1.82, 2.24) is 0 Å². The lowest BCUT2D eigenvalue weighted by atomic mass is 9.82. The van der Waals surface area contributed by atoms with E-state index in [2.05, 4.69) is 15.9 Å². The van der Waals surface area contributed by atoms with Gasteiger partial charge in [-0.25, -0.2) is 0 Å². The molecule has 0 fully saturated rings. The number of fused-ring (bicyclic) bond motifs is 3. The van der Waals surface area contributed by atoms with E-state index >= 15 is 0 Å². The van der Waals surface area contributed by atoms with Crippen molar-refractivity contribution in [2.24, 2.45) is 0 Å². The molecule has 0 N–H and O–H groups in total. The van der Waals surface area contributed by atoms with Gasteiger partial charge in [-0.05, 0) is 39.7 Å². The van der Waals surface area contributed by atoms with Crippen molar-refractivity contribution in [2.75, 3.05) is 21.3 Å². The van der Waals surface area contributed by atoms with Crippen LogP contribution in [0.2, 0.25) is 0 Å². The summed E-state index contributed by atoms with van der Waals surface area (Å²) in [6.45, 7) is 0. The van der Waals surface area contributed by atoms with Gasteiger partial charge in [-0.15, -0.1) is 0 Å². The maximum absolute atomic E-state index is 12.7. The molecular formula is C18H12BrNO5. The van der Waals surface area contributed by atoms with E-state index < -0.39 is 11.6 Å². The van der Waals surface area contributed by atoms with Crippen LogP contribution in [0.3, 0.4) is 0 Å². The SMILES string of the molecule is COc1c(Br)c2c(c(OC)c1OC)-c1cc(C#N)ccc1C(=O)C2=O. The molecule has 1 aliphatic carbocycles. The van der Waals surface area contributed by atoms with Gasteiger partial charge in [0.05, 0.1) is 43.0 Å². The highest BCUT2D eigenvalue weighted by atomic mass is 79.9. The second kappa shape index (κ2) is 6.22. The molecule has 0 aliphatic heterocycles. The molecule has 0 aromatic heterocycles. The summed E-state index contributed by atoms with van der Waals surface area (Å²) < 4.78 is 16.5. The Hall–Kier alpha value is -2.85. The number of nitriles is 1. The van der Waals surface area contributed by atoms with Crippen molar-refractivity contribution in [3.05, 3.63) is 39.4 Å². The summed E-state index contributed by atoms with van der Waals surface area (Å²) in [5, 5.41) is 9.18. The highest BCUT2D eigenvalue weighted by Gasteiger charge is 2.38. The Labute approximate surface area is 152 Å². The zero-order valence-corrected chi connectivity index (χ0v) is 15.2. The van der Waals surface area contributed by atoms with E-state index in [4.69, 9.17) is 14.2 Å². The molecule has 2 aromatic rings. The molecule has 0 radical (unpaired) electrons. The number of benzene rings is 2. The quantitative estimate of drug-likeness (QED) is 0.732. The van der Waals surface area contributed by atoms with Crippen molar-refractivity contribution < 1.29 is 23.8 Å². The van der Waals surface area contributed by atoms with E-state index in [-0.39, 0.29) is 28.4 Å². The summed E-state index contributed by atoms with van der Waals surface area (Å²) in [4.78, 5) is 25.2. The number of ketones is 2. The van der Waals surface area contributed by atoms with Crippen molar-refractivity contribution >= 4 is 27.5 Å². The third-order valence-corrected chi connectivity index (χ3v) is 4.77. The van der Waals surface area contributed by atoms with Gasteiger partial charge >= 0.3 is 0 Å². The van der Waals surface area contributed by atoms with Crippen LogP contribution in [0, 0.1) is 11.3 Å². The molecule has 6 nitrogen and oxygen atoms in total. The largest absolute Gasteiger partial charge is 0.492 e. The third-order valence-electron chi connectivity index (χ3n) is 4.02. The number of Topliss-reactive ketones (excluding diaryl/α,β-unsaturated/α-hetero) is 2. The smallest absolute Gasteiger partial charge is 0.235 e. The first-order chi connectivity index (χ1) is 12.0. The van der Waals surface area contributed by atoms with Crippen LogP contribution in [0.4, 0.5) is 0 Å². The molecule has 0 unspecified atom stereocenters. The summed E-state index contributed by atoms with van der Waals surface area (Å²) in [5.41, 5.74) is 1.54. The molecule has 0 bridgehead atoms. The second-order valence-electron chi connectivity index (χ2n) is 5.19. The van der Waals surface area contributed by atoms with E-state index in [1.165, 1.54) is 33.5 Å². The van der Waals surface area contributed by atoms with Crippen LogP contribution in [0.25, 0.3) is 11.1 Å². The monoisotopic (exact) mass is 401 g/mol. The van der Waals surface area contributed by atoms with Gasteiger partial charge < -0.3 is 14.2 Å². The molecule has 0 heterocycles. The van der Waals surface area contributed by atoms with Gasteiger partial charge in [0.25, 0.3) is 0 Å². The lowest BCUT2D eigenvalue weighted by Gasteiger charge is -2.25. The highest BCUT2D eigenvalue weighted by Crippen LogP contribution is 2.53. The minimum atomic E-state index is -0.682. The first kappa shape index (κ1) is 17.0. The van der Waals surface area contributed by atoms with Crippen LogP contribution in [-0.4, -0.2) is 32.9 Å². The fourth-order valence-corrected chi connectivity index (χ4v) is 3.66. The van der Waals surface area contributed by atoms with Crippen LogP contribution in [0.5, 0.6) is 17.2 Å². The van der Waals surface area contributed by atoms with Gasteiger partial charge in [-0.1, -0.05) is 0 Å². The van der Waals surface area contributed by atoms with Crippen LogP contribution >= 0.6 is 15.9 Å². The molecule has 0 spiro atoms. The van der Waals surface area contributed by atoms with Crippen LogP contribution in [0.1, 0.15) is 26.3 Å². The Balaban J connectivity index is 2.54. The molecule has 2 aromatic carbocycles. The fourth-order valence-electron chi connectivity index (χ4n) is 2.94. The lowest BCUT2D eigenvalue weighted by Crippen LogP contribution is -2.23. The number of rotatable bonds is 3. The Bertz CT molecular complexity index is 975. The van der Waals surface area contributed by atoms with E-state index in [9.17, 15) is 14.9 Å². The van der Waals surface area contributed by atoms with Crippen molar-refractivity contribution in [3.63, 3.8) is 0 Å². The van der Waals surface area contributed by atoms with Gasteiger partial charge in [0.2, 0.25) is 17.3 Å². The van der Waals surface area contributed by atoms with Gasteiger partial charge in [0.1, 0.15) is 0 Å². The molecule has 25 heavy (non-hydrogen) atoms. The Morgan fingerprint density at radius 1 is 0.880 bits per heavy atom. The fraction of sp³-hybridized carbons (Fsp3) is 0.167. The van der Waals surface area contributed by atoms with Crippen LogP contribution in [0.15, 0.2) is 22.7 Å². The first-order valence-electron chi connectivity index (χ1n) is 7.15. The van der Waals surface area contributed by atoms with Crippen molar-refractivity contribution in [3.8, 4) is 34.4 Å². The molecular weight excluding hydrogens is 390 g/mol. The number of hydrogen-bond acceptors (Lipinski definition) is 6. The summed E-state index contributed by atoms with van der Waals surface area (Å²) in [6.07, 6.45) is 0.